The second-order valence-electron chi connectivity index (χ2n) is 5.12. The molecule has 2 aromatic heterocycles. The van der Waals surface area contributed by atoms with Gasteiger partial charge >= 0.3 is 0 Å². The van der Waals surface area contributed by atoms with E-state index < -0.39 is 0 Å². The molecule has 0 aromatic carbocycles. The van der Waals surface area contributed by atoms with Gasteiger partial charge in [0.1, 0.15) is 6.54 Å². The molecule has 0 aliphatic rings. The Morgan fingerprint density at radius 3 is 1.89 bits per heavy atom. The molecule has 1 atom stereocenters. The number of nitrogens with zero attached hydrogens (tertiary/aromatic N) is 2. The highest BCUT2D eigenvalue weighted by molar-refractivity contribution is 5.60. The second kappa shape index (κ2) is 6.46. The number of hydrogen-bond donors (Lipinski definition) is 0. The largest absolute Gasteiger partial charge is 0.205 e. The summed E-state index contributed by atoms with van der Waals surface area (Å²) in [6, 6.07) is 9.35. The van der Waals surface area contributed by atoms with E-state index >= 15 is 0 Å². The van der Waals surface area contributed by atoms with E-state index in [0.717, 1.165) is 13.0 Å². The second-order valence-corrected chi connectivity index (χ2v) is 5.12. The maximum atomic E-state index is 2.27. The van der Waals surface area contributed by atoms with Gasteiger partial charge in [0.15, 0.2) is 30.8 Å². The number of aryl methyl sites for hydroxylation is 1. The quantitative estimate of drug-likeness (QED) is 0.725. The molecule has 2 heterocycles. The van der Waals surface area contributed by atoms with E-state index in [1.807, 2.05) is 0 Å². The first kappa shape index (κ1) is 13.7. The van der Waals surface area contributed by atoms with E-state index in [1.165, 1.54) is 17.5 Å². The summed E-state index contributed by atoms with van der Waals surface area (Å²) in [5.41, 5.74) is 2.56. The molecule has 0 spiro atoms. The smallest absolute Gasteiger partial charge is 0.169 e. The van der Waals surface area contributed by atoms with Crippen LogP contribution in [0, 0.1) is 0 Å². The molecule has 0 aliphatic heterocycles. The fourth-order valence-corrected chi connectivity index (χ4v) is 2.19. The summed E-state index contributed by atoms with van der Waals surface area (Å²) in [6.45, 7) is 7.75. The monoisotopic (exact) mass is 256 g/mol. The first-order chi connectivity index (χ1) is 9.24. The van der Waals surface area contributed by atoms with Crippen LogP contribution in [-0.4, -0.2) is 0 Å². The SMILES string of the molecule is CCC[n+]1ccc(-c2cc[n+](C(C)CC)cc2)cc1. The maximum Gasteiger partial charge on any atom is 0.169 e. The van der Waals surface area contributed by atoms with Crippen LogP contribution in [0.2, 0.25) is 0 Å². The molecule has 0 radical (unpaired) electrons. The van der Waals surface area contributed by atoms with Crippen LogP contribution in [0.4, 0.5) is 0 Å². The molecule has 2 heteroatoms. The Labute approximate surface area is 116 Å². The van der Waals surface area contributed by atoms with Crippen molar-refractivity contribution in [3.8, 4) is 11.1 Å². The van der Waals surface area contributed by atoms with Crippen molar-refractivity contribution in [2.24, 2.45) is 0 Å². The molecule has 0 N–H and O–H groups in total. The van der Waals surface area contributed by atoms with Crippen LogP contribution >= 0.6 is 0 Å². The molecule has 0 aliphatic carbocycles. The summed E-state index contributed by atoms with van der Waals surface area (Å²) in [5, 5.41) is 0. The molecule has 0 fully saturated rings. The minimum Gasteiger partial charge on any atom is -0.205 e. The Kier molecular flexibility index (Phi) is 4.67. The Hall–Kier alpha value is -1.70. The molecule has 0 bridgehead atoms. The van der Waals surface area contributed by atoms with Gasteiger partial charge in [-0.2, -0.15) is 0 Å². The first-order valence-electron chi connectivity index (χ1n) is 7.25. The van der Waals surface area contributed by atoms with E-state index in [4.69, 9.17) is 0 Å². The van der Waals surface area contributed by atoms with Gasteiger partial charge in [0, 0.05) is 37.1 Å². The Balaban J connectivity index is 2.17. The zero-order valence-electron chi connectivity index (χ0n) is 12.2. The minimum atomic E-state index is 0.566. The van der Waals surface area contributed by atoms with Gasteiger partial charge in [0.25, 0.3) is 0 Å². The van der Waals surface area contributed by atoms with Crippen molar-refractivity contribution in [2.75, 3.05) is 0 Å². The van der Waals surface area contributed by atoms with Crippen LogP contribution in [0.25, 0.3) is 11.1 Å². The van der Waals surface area contributed by atoms with E-state index in [1.54, 1.807) is 0 Å². The fraction of sp³-hybridized carbons (Fsp3) is 0.412. The van der Waals surface area contributed by atoms with Gasteiger partial charge in [0.05, 0.1) is 0 Å². The minimum absolute atomic E-state index is 0.566. The highest BCUT2D eigenvalue weighted by Crippen LogP contribution is 2.16. The van der Waals surface area contributed by atoms with Gasteiger partial charge < -0.3 is 0 Å². The third-order valence-electron chi connectivity index (χ3n) is 3.66. The van der Waals surface area contributed by atoms with Crippen LogP contribution in [0.1, 0.15) is 39.7 Å². The zero-order chi connectivity index (χ0) is 13.7. The molecule has 1 unspecified atom stereocenters. The van der Waals surface area contributed by atoms with Crippen LogP contribution in [0.15, 0.2) is 49.1 Å². The van der Waals surface area contributed by atoms with Gasteiger partial charge in [-0.25, -0.2) is 9.13 Å². The number of rotatable bonds is 5. The Morgan fingerprint density at radius 1 is 0.895 bits per heavy atom. The fourth-order valence-electron chi connectivity index (χ4n) is 2.19. The van der Waals surface area contributed by atoms with E-state index in [0.29, 0.717) is 6.04 Å². The van der Waals surface area contributed by atoms with Crippen molar-refractivity contribution in [3.63, 3.8) is 0 Å². The Morgan fingerprint density at radius 2 is 1.42 bits per heavy atom. The van der Waals surface area contributed by atoms with Crippen LogP contribution in [-0.2, 0) is 6.54 Å². The summed E-state index contributed by atoms with van der Waals surface area (Å²) in [7, 11) is 0. The molecule has 0 saturated heterocycles. The van der Waals surface area contributed by atoms with Gasteiger partial charge in [-0.05, 0) is 18.1 Å². The van der Waals surface area contributed by atoms with Crippen LogP contribution in [0.3, 0.4) is 0 Å². The van der Waals surface area contributed by atoms with Crippen molar-refractivity contribution in [3.05, 3.63) is 49.1 Å². The average Bonchev–Trinajstić information content (AvgIpc) is 2.48. The molecule has 0 amide bonds. The van der Waals surface area contributed by atoms with Gasteiger partial charge in [-0.1, -0.05) is 13.8 Å². The average molecular weight is 256 g/mol. The summed E-state index contributed by atoms with van der Waals surface area (Å²) in [6.07, 6.45) is 11.0. The molecular weight excluding hydrogens is 232 g/mol. The van der Waals surface area contributed by atoms with Gasteiger partial charge in [-0.3, -0.25) is 0 Å². The van der Waals surface area contributed by atoms with E-state index in [9.17, 15) is 0 Å². The lowest BCUT2D eigenvalue weighted by Gasteiger charge is -2.05. The lowest BCUT2D eigenvalue weighted by Crippen LogP contribution is -2.36. The van der Waals surface area contributed by atoms with Crippen LogP contribution in [0.5, 0.6) is 0 Å². The third-order valence-corrected chi connectivity index (χ3v) is 3.66. The predicted molar refractivity (Wildman–Crippen MR) is 77.6 cm³/mol. The predicted octanol–water partition coefficient (Wildman–Crippen LogP) is 3.31. The lowest BCUT2D eigenvalue weighted by molar-refractivity contribution is -0.719. The Bertz CT molecular complexity index is 500. The summed E-state index contributed by atoms with van der Waals surface area (Å²) in [4.78, 5) is 0. The molecule has 2 rings (SSSR count). The summed E-state index contributed by atoms with van der Waals surface area (Å²) in [5.74, 6) is 0. The zero-order valence-corrected chi connectivity index (χ0v) is 12.2. The highest BCUT2D eigenvalue weighted by Gasteiger charge is 2.09. The molecular formula is C17H24N2+2. The van der Waals surface area contributed by atoms with Gasteiger partial charge in [-0.15, -0.1) is 0 Å². The van der Waals surface area contributed by atoms with Crippen molar-refractivity contribution in [1.82, 2.24) is 0 Å². The molecule has 2 nitrogen and oxygen atoms in total. The number of pyridine rings is 2. The van der Waals surface area contributed by atoms with Crippen molar-refractivity contribution >= 4 is 0 Å². The van der Waals surface area contributed by atoms with Crippen molar-refractivity contribution in [2.45, 2.75) is 46.2 Å². The van der Waals surface area contributed by atoms with Gasteiger partial charge in [0.2, 0.25) is 0 Å². The molecule has 0 saturated carbocycles. The maximum absolute atomic E-state index is 2.27. The third kappa shape index (κ3) is 3.40. The normalized spacial score (nSPS) is 12.4. The first-order valence-corrected chi connectivity index (χ1v) is 7.25. The van der Waals surface area contributed by atoms with E-state index in [-0.39, 0.29) is 0 Å². The summed E-state index contributed by atoms with van der Waals surface area (Å²) < 4.78 is 4.50. The van der Waals surface area contributed by atoms with Crippen LogP contribution < -0.4 is 9.13 Å². The number of hydrogen-bond acceptors (Lipinski definition) is 0. The summed E-state index contributed by atoms with van der Waals surface area (Å²) >= 11 is 0. The van der Waals surface area contributed by atoms with Crippen molar-refractivity contribution in [1.29, 1.82) is 0 Å². The molecule has 100 valence electrons. The standard InChI is InChI=1S/C17H24N2/c1-4-10-18-11-6-16(7-12-18)17-8-13-19(14-9-17)15(3)5-2/h6-9,11-15H,4-5,10H2,1-3H3/q+2. The topological polar surface area (TPSA) is 7.76 Å². The lowest BCUT2D eigenvalue weighted by atomic mass is 10.1. The van der Waals surface area contributed by atoms with Crippen molar-refractivity contribution < 1.29 is 9.13 Å². The number of aromatic nitrogens is 2. The van der Waals surface area contributed by atoms with E-state index in [2.05, 4.69) is 79.0 Å². The molecule has 19 heavy (non-hydrogen) atoms. The molecule has 2 aromatic rings. The highest BCUT2D eigenvalue weighted by atomic mass is 15.0.